The summed E-state index contributed by atoms with van der Waals surface area (Å²) in [5.41, 5.74) is -1.06. The van der Waals surface area contributed by atoms with Crippen LogP contribution in [0.1, 0.15) is 65.2 Å². The van der Waals surface area contributed by atoms with Gasteiger partial charge in [0.05, 0.1) is 13.2 Å². The van der Waals surface area contributed by atoms with Gasteiger partial charge in [0.2, 0.25) is 0 Å². The minimum absolute atomic E-state index is 0.140. The molecule has 0 amide bonds. The zero-order valence-electron chi connectivity index (χ0n) is 16.6. The highest BCUT2D eigenvalue weighted by Gasteiger charge is 2.69. The van der Waals surface area contributed by atoms with Crippen molar-refractivity contribution in [3.63, 3.8) is 0 Å². The van der Waals surface area contributed by atoms with Crippen LogP contribution in [-0.2, 0) is 14.3 Å². The molecule has 4 saturated carbocycles. The van der Waals surface area contributed by atoms with Crippen molar-refractivity contribution in [3.05, 3.63) is 0 Å². The summed E-state index contributed by atoms with van der Waals surface area (Å²) >= 11 is 0. The highest BCUT2D eigenvalue weighted by atomic mass is 16.7. The largest absolute Gasteiger partial charge is 0.378 e. The number of ether oxygens (including phenoxy) is 2. The maximum Gasteiger partial charge on any atom is 0.172 e. The molecule has 27 heavy (non-hydrogen) atoms. The monoisotopic (exact) mass is 372 g/mol. The molecule has 0 bridgehead atoms. The molecule has 4 aliphatic carbocycles. The standard InChI is InChI=1S/C23H32O4/c1-4-22(25)10-9-20(2)15(13-22)14-23(26-11-12-27-23)19-16-5-6-18(24)21(16,3)8-7-17(19)20/h1,15-17,19,25H,5-14H2,2-3H3/t15-,16-,17+,19-,20+,21+,22+/m1/s1. The molecule has 1 spiro atoms. The van der Waals surface area contributed by atoms with E-state index in [4.69, 9.17) is 15.9 Å². The van der Waals surface area contributed by atoms with Gasteiger partial charge in [0.25, 0.3) is 0 Å². The average Bonchev–Trinajstić information content (AvgIpc) is 3.23. The quantitative estimate of drug-likeness (QED) is 0.663. The summed E-state index contributed by atoms with van der Waals surface area (Å²) < 4.78 is 12.7. The topological polar surface area (TPSA) is 55.8 Å². The molecule has 4 heteroatoms. The number of fused-ring (bicyclic) bond motifs is 6. The number of Topliss-reactive ketones (excluding diaryl/α,β-unsaturated/α-hetero) is 1. The fourth-order valence-electron chi connectivity index (χ4n) is 7.87. The maximum absolute atomic E-state index is 12.8. The molecule has 0 aromatic carbocycles. The van der Waals surface area contributed by atoms with Gasteiger partial charge in [-0.2, -0.15) is 0 Å². The first-order valence-electron chi connectivity index (χ1n) is 10.8. The van der Waals surface area contributed by atoms with Gasteiger partial charge in [-0.1, -0.05) is 19.8 Å². The van der Waals surface area contributed by atoms with Gasteiger partial charge >= 0.3 is 0 Å². The molecular weight excluding hydrogens is 340 g/mol. The van der Waals surface area contributed by atoms with E-state index in [9.17, 15) is 9.90 Å². The Morgan fingerprint density at radius 2 is 1.81 bits per heavy atom. The number of hydrogen-bond donors (Lipinski definition) is 1. The van der Waals surface area contributed by atoms with Crippen LogP contribution in [0.5, 0.6) is 0 Å². The zero-order chi connectivity index (χ0) is 19.1. The zero-order valence-corrected chi connectivity index (χ0v) is 16.6. The Morgan fingerprint density at radius 3 is 2.52 bits per heavy atom. The van der Waals surface area contributed by atoms with Gasteiger partial charge in [0.1, 0.15) is 11.4 Å². The van der Waals surface area contributed by atoms with Gasteiger partial charge in [0.15, 0.2) is 5.79 Å². The van der Waals surface area contributed by atoms with Gasteiger partial charge in [-0.25, -0.2) is 0 Å². The number of rotatable bonds is 0. The van der Waals surface area contributed by atoms with Crippen molar-refractivity contribution < 1.29 is 19.4 Å². The van der Waals surface area contributed by atoms with Crippen molar-refractivity contribution in [2.75, 3.05) is 13.2 Å². The number of aliphatic hydroxyl groups is 1. The van der Waals surface area contributed by atoms with Crippen molar-refractivity contribution >= 4 is 5.78 Å². The lowest BCUT2D eigenvalue weighted by molar-refractivity contribution is -0.299. The normalized spacial score (nSPS) is 53.5. The summed E-state index contributed by atoms with van der Waals surface area (Å²) in [7, 11) is 0. The summed E-state index contributed by atoms with van der Waals surface area (Å²) in [4.78, 5) is 12.8. The summed E-state index contributed by atoms with van der Waals surface area (Å²) in [6.45, 7) is 5.86. The molecule has 5 rings (SSSR count). The fraction of sp³-hybridized carbons (Fsp3) is 0.870. The summed E-state index contributed by atoms with van der Waals surface area (Å²) in [5, 5.41) is 10.8. The SMILES string of the molecule is C#C[C@]1(O)CC[C@@]2(C)[C@@H](CC3(OCCO3)[C@@H]3[C@H]4CCC(=O)[C@@]4(C)CC[C@@H]32)C1. The summed E-state index contributed by atoms with van der Waals surface area (Å²) in [5.74, 6) is 3.92. The molecule has 5 fully saturated rings. The second-order valence-corrected chi connectivity index (χ2v) is 10.5. The van der Waals surface area contributed by atoms with Crippen LogP contribution in [0.4, 0.5) is 0 Å². The Kier molecular flexibility index (Phi) is 3.76. The van der Waals surface area contributed by atoms with Gasteiger partial charge in [-0.05, 0) is 61.7 Å². The predicted octanol–water partition coefficient (Wildman–Crippen LogP) is 3.32. The lowest BCUT2D eigenvalue weighted by atomic mass is 9.43. The molecule has 1 N–H and O–H groups in total. The van der Waals surface area contributed by atoms with Crippen molar-refractivity contribution in [2.24, 2.45) is 34.5 Å². The van der Waals surface area contributed by atoms with Crippen LogP contribution in [0.15, 0.2) is 0 Å². The molecule has 4 nitrogen and oxygen atoms in total. The third-order valence-electron chi connectivity index (χ3n) is 9.50. The smallest absolute Gasteiger partial charge is 0.172 e. The fourth-order valence-corrected chi connectivity index (χ4v) is 7.87. The van der Waals surface area contributed by atoms with E-state index in [0.29, 0.717) is 56.0 Å². The minimum atomic E-state index is -0.997. The second kappa shape index (κ2) is 5.59. The molecule has 1 aliphatic heterocycles. The highest BCUT2D eigenvalue weighted by Crippen LogP contribution is 2.69. The van der Waals surface area contributed by atoms with E-state index in [2.05, 4.69) is 19.8 Å². The average molecular weight is 373 g/mol. The molecule has 5 aliphatic rings. The first-order valence-corrected chi connectivity index (χ1v) is 10.8. The lowest BCUT2D eigenvalue weighted by Gasteiger charge is -2.64. The Morgan fingerprint density at radius 1 is 1.07 bits per heavy atom. The Hall–Kier alpha value is -0.890. The third-order valence-corrected chi connectivity index (χ3v) is 9.50. The van der Waals surface area contributed by atoms with E-state index in [1.807, 2.05) is 0 Å². The predicted molar refractivity (Wildman–Crippen MR) is 101 cm³/mol. The molecule has 1 heterocycles. The molecule has 0 aromatic heterocycles. The number of terminal acetylenes is 1. The molecule has 0 aromatic rings. The van der Waals surface area contributed by atoms with Crippen LogP contribution in [0, 0.1) is 46.8 Å². The molecule has 0 radical (unpaired) electrons. The van der Waals surface area contributed by atoms with E-state index in [-0.39, 0.29) is 16.7 Å². The number of carbonyl (C=O) groups excluding carboxylic acids is 1. The number of carbonyl (C=O) groups is 1. The lowest BCUT2D eigenvalue weighted by Crippen LogP contribution is -2.64. The van der Waals surface area contributed by atoms with Crippen LogP contribution in [-0.4, -0.2) is 35.5 Å². The van der Waals surface area contributed by atoms with E-state index < -0.39 is 11.4 Å². The first kappa shape index (κ1) is 18.2. The molecular formula is C23H32O4. The summed E-state index contributed by atoms with van der Waals surface area (Å²) in [6, 6.07) is 0. The highest BCUT2D eigenvalue weighted by molar-refractivity contribution is 5.87. The Bertz CT molecular complexity index is 704. The van der Waals surface area contributed by atoms with E-state index in [0.717, 1.165) is 32.1 Å². The summed E-state index contributed by atoms with van der Waals surface area (Å²) in [6.07, 6.45) is 12.5. The third kappa shape index (κ3) is 2.26. The minimum Gasteiger partial charge on any atom is -0.378 e. The first-order chi connectivity index (χ1) is 12.8. The van der Waals surface area contributed by atoms with Crippen LogP contribution >= 0.6 is 0 Å². The molecule has 148 valence electrons. The van der Waals surface area contributed by atoms with Crippen LogP contribution < -0.4 is 0 Å². The van der Waals surface area contributed by atoms with Crippen molar-refractivity contribution in [1.82, 2.24) is 0 Å². The van der Waals surface area contributed by atoms with Crippen LogP contribution in [0.2, 0.25) is 0 Å². The number of hydrogen-bond acceptors (Lipinski definition) is 4. The molecule has 0 unspecified atom stereocenters. The van der Waals surface area contributed by atoms with Crippen LogP contribution in [0.25, 0.3) is 0 Å². The van der Waals surface area contributed by atoms with Crippen molar-refractivity contribution in [3.8, 4) is 12.3 Å². The van der Waals surface area contributed by atoms with Crippen molar-refractivity contribution in [2.45, 2.75) is 76.6 Å². The van der Waals surface area contributed by atoms with Gasteiger partial charge in [0, 0.05) is 24.2 Å². The van der Waals surface area contributed by atoms with Gasteiger partial charge in [-0.3, -0.25) is 4.79 Å². The van der Waals surface area contributed by atoms with E-state index >= 15 is 0 Å². The Balaban J connectivity index is 1.58. The van der Waals surface area contributed by atoms with Gasteiger partial charge < -0.3 is 14.6 Å². The number of ketones is 1. The van der Waals surface area contributed by atoms with Gasteiger partial charge in [-0.15, -0.1) is 6.42 Å². The Labute approximate surface area is 162 Å². The van der Waals surface area contributed by atoms with E-state index in [1.165, 1.54) is 0 Å². The van der Waals surface area contributed by atoms with Crippen molar-refractivity contribution in [1.29, 1.82) is 0 Å². The molecule has 7 atom stereocenters. The maximum atomic E-state index is 12.8. The van der Waals surface area contributed by atoms with Crippen LogP contribution in [0.3, 0.4) is 0 Å². The van der Waals surface area contributed by atoms with E-state index in [1.54, 1.807) is 0 Å². The molecule has 1 saturated heterocycles. The second-order valence-electron chi connectivity index (χ2n) is 10.5.